The molecule has 3 aromatic rings. The van der Waals surface area contributed by atoms with Crippen molar-refractivity contribution in [3.8, 4) is 5.75 Å². The molecule has 3 rings (SSSR count). The molecule has 1 aromatic carbocycles. The highest BCUT2D eigenvalue weighted by atomic mass is 16.4. The van der Waals surface area contributed by atoms with Gasteiger partial charge >= 0.3 is 5.97 Å². The number of carboxylic acid groups (broad SMARTS) is 1. The smallest absolute Gasteiger partial charge is 0.323 e. The lowest BCUT2D eigenvalue weighted by molar-refractivity contribution is -0.137. The third-order valence-electron chi connectivity index (χ3n) is 3.96. The summed E-state index contributed by atoms with van der Waals surface area (Å²) in [5.74, 6) is -2.54. The molecular formula is C16H15N3O5. The predicted octanol–water partition coefficient (Wildman–Crippen LogP) is 0.951. The summed E-state index contributed by atoms with van der Waals surface area (Å²) in [6, 6.07) is 7.25. The van der Waals surface area contributed by atoms with E-state index in [1.165, 1.54) is 11.6 Å². The number of benzene rings is 1. The topological polar surface area (TPSA) is 115 Å². The van der Waals surface area contributed by atoms with Gasteiger partial charge in [-0.15, -0.1) is 0 Å². The molecule has 124 valence electrons. The van der Waals surface area contributed by atoms with E-state index in [2.05, 4.69) is 5.10 Å². The number of carboxylic acids is 1. The van der Waals surface area contributed by atoms with Gasteiger partial charge in [-0.1, -0.05) is 18.2 Å². The molecule has 2 heterocycles. The average Bonchev–Trinajstić information content (AvgIpc) is 2.80. The molecule has 8 heteroatoms. The summed E-state index contributed by atoms with van der Waals surface area (Å²) in [6.07, 6.45) is 0. The Morgan fingerprint density at radius 3 is 2.62 bits per heavy atom. The summed E-state index contributed by atoms with van der Waals surface area (Å²) in [6.45, 7) is 1.19. The van der Waals surface area contributed by atoms with E-state index in [-0.39, 0.29) is 0 Å². The van der Waals surface area contributed by atoms with Crippen LogP contribution in [0.3, 0.4) is 0 Å². The quantitative estimate of drug-likeness (QED) is 0.662. The minimum atomic E-state index is -1.22. The zero-order valence-electron chi connectivity index (χ0n) is 13.0. The number of aryl methyl sites for hydroxylation is 1. The Hall–Kier alpha value is -3.29. The highest BCUT2D eigenvalue weighted by Gasteiger charge is 2.25. The van der Waals surface area contributed by atoms with Gasteiger partial charge in [0.1, 0.15) is 17.6 Å². The van der Waals surface area contributed by atoms with Gasteiger partial charge in [-0.05, 0) is 18.6 Å². The fraction of sp³-hybridized carbons (Fsp3) is 0.188. The lowest BCUT2D eigenvalue weighted by Gasteiger charge is -2.15. The SMILES string of the molecule is Cc1c2ccccc2n2[nH]c(=O)c(C(=O)N(C)CC(=O)O)c(O)c12. The van der Waals surface area contributed by atoms with E-state index in [0.717, 1.165) is 10.3 Å². The molecule has 0 unspecified atom stereocenters. The Labute approximate surface area is 135 Å². The van der Waals surface area contributed by atoms with Gasteiger partial charge in [0, 0.05) is 12.4 Å². The number of para-hydroxylation sites is 1. The summed E-state index contributed by atoms with van der Waals surface area (Å²) >= 11 is 0. The number of carbonyl (C=O) groups excluding carboxylic acids is 1. The van der Waals surface area contributed by atoms with Crippen LogP contribution in [0.1, 0.15) is 15.9 Å². The average molecular weight is 329 g/mol. The fourth-order valence-corrected chi connectivity index (χ4v) is 2.85. The van der Waals surface area contributed by atoms with Crippen molar-refractivity contribution in [1.29, 1.82) is 0 Å². The van der Waals surface area contributed by atoms with Crippen LogP contribution in [-0.4, -0.2) is 50.2 Å². The van der Waals surface area contributed by atoms with E-state index < -0.39 is 35.3 Å². The number of nitrogens with one attached hydrogen (secondary N) is 1. The Kier molecular flexibility index (Phi) is 3.52. The van der Waals surface area contributed by atoms with E-state index in [1.807, 2.05) is 12.1 Å². The molecular weight excluding hydrogens is 314 g/mol. The second-order valence-corrected chi connectivity index (χ2v) is 5.55. The number of aromatic nitrogens is 2. The fourth-order valence-electron chi connectivity index (χ4n) is 2.85. The van der Waals surface area contributed by atoms with Crippen LogP contribution in [0.15, 0.2) is 29.1 Å². The highest BCUT2D eigenvalue weighted by Crippen LogP contribution is 2.31. The minimum absolute atomic E-state index is 0.308. The third-order valence-corrected chi connectivity index (χ3v) is 3.96. The van der Waals surface area contributed by atoms with E-state index in [4.69, 9.17) is 5.11 Å². The van der Waals surface area contributed by atoms with Gasteiger partial charge < -0.3 is 15.1 Å². The molecule has 0 atom stereocenters. The first-order chi connectivity index (χ1) is 11.3. The largest absolute Gasteiger partial charge is 0.505 e. The second-order valence-electron chi connectivity index (χ2n) is 5.55. The Morgan fingerprint density at radius 1 is 1.29 bits per heavy atom. The van der Waals surface area contributed by atoms with Gasteiger partial charge in [0.05, 0.1) is 5.52 Å². The lowest BCUT2D eigenvalue weighted by atomic mass is 10.1. The van der Waals surface area contributed by atoms with Crippen molar-refractivity contribution in [2.75, 3.05) is 13.6 Å². The minimum Gasteiger partial charge on any atom is -0.505 e. The third kappa shape index (κ3) is 2.19. The molecule has 0 aliphatic rings. The number of aliphatic carboxylic acids is 1. The summed E-state index contributed by atoms with van der Waals surface area (Å²) in [5, 5.41) is 22.7. The van der Waals surface area contributed by atoms with Crippen molar-refractivity contribution in [3.63, 3.8) is 0 Å². The molecule has 0 saturated heterocycles. The zero-order valence-corrected chi connectivity index (χ0v) is 13.0. The Bertz CT molecular complexity index is 1050. The van der Waals surface area contributed by atoms with E-state index >= 15 is 0 Å². The molecule has 0 aliphatic carbocycles. The molecule has 8 nitrogen and oxygen atoms in total. The summed E-state index contributed by atoms with van der Waals surface area (Å²) in [5.41, 5.74) is 0.438. The van der Waals surface area contributed by atoms with Crippen LogP contribution in [0.5, 0.6) is 5.75 Å². The highest BCUT2D eigenvalue weighted by molar-refractivity contribution is 6.02. The Balaban J connectivity index is 2.30. The molecule has 0 aliphatic heterocycles. The van der Waals surface area contributed by atoms with Gasteiger partial charge in [0.2, 0.25) is 0 Å². The van der Waals surface area contributed by atoms with E-state index in [0.29, 0.717) is 16.6 Å². The molecule has 1 amide bonds. The zero-order chi connectivity index (χ0) is 17.6. The van der Waals surface area contributed by atoms with Crippen LogP contribution >= 0.6 is 0 Å². The number of fused-ring (bicyclic) bond motifs is 3. The van der Waals surface area contributed by atoms with Gasteiger partial charge in [0.25, 0.3) is 11.5 Å². The summed E-state index contributed by atoms with van der Waals surface area (Å²) in [7, 11) is 1.25. The van der Waals surface area contributed by atoms with Crippen LogP contribution < -0.4 is 5.56 Å². The van der Waals surface area contributed by atoms with Crippen molar-refractivity contribution >= 4 is 28.3 Å². The first-order valence-electron chi connectivity index (χ1n) is 7.15. The predicted molar refractivity (Wildman–Crippen MR) is 86.5 cm³/mol. The standard InChI is InChI=1S/C16H15N3O5/c1-8-9-5-3-4-6-10(9)19-13(8)14(22)12(15(23)17-19)16(24)18(2)7-11(20)21/h3-6,22H,7H2,1-2H3,(H,17,23)(H,20,21). The lowest BCUT2D eigenvalue weighted by Crippen LogP contribution is -2.35. The number of aromatic amines is 1. The van der Waals surface area contributed by atoms with Crippen molar-refractivity contribution in [1.82, 2.24) is 14.5 Å². The van der Waals surface area contributed by atoms with Crippen molar-refractivity contribution in [2.45, 2.75) is 6.92 Å². The van der Waals surface area contributed by atoms with Crippen LogP contribution in [-0.2, 0) is 4.79 Å². The van der Waals surface area contributed by atoms with Gasteiger partial charge in [-0.3, -0.25) is 19.5 Å². The molecule has 2 aromatic heterocycles. The monoisotopic (exact) mass is 329 g/mol. The van der Waals surface area contributed by atoms with Gasteiger partial charge in [-0.2, -0.15) is 0 Å². The number of likely N-dealkylation sites (N-methyl/N-ethyl adjacent to an activating group) is 1. The van der Waals surface area contributed by atoms with E-state index in [9.17, 15) is 19.5 Å². The number of hydrogen-bond acceptors (Lipinski definition) is 4. The second kappa shape index (κ2) is 5.41. The van der Waals surface area contributed by atoms with Crippen LogP contribution in [0.4, 0.5) is 0 Å². The summed E-state index contributed by atoms with van der Waals surface area (Å²) < 4.78 is 1.43. The first kappa shape index (κ1) is 15.6. The normalized spacial score (nSPS) is 11.1. The number of amides is 1. The number of hydrogen-bond donors (Lipinski definition) is 3. The molecule has 24 heavy (non-hydrogen) atoms. The van der Waals surface area contributed by atoms with E-state index in [1.54, 1.807) is 19.1 Å². The number of carbonyl (C=O) groups is 2. The molecule has 0 saturated carbocycles. The van der Waals surface area contributed by atoms with Gasteiger partial charge in [0.15, 0.2) is 5.75 Å². The molecule has 0 bridgehead atoms. The van der Waals surface area contributed by atoms with Crippen LogP contribution in [0, 0.1) is 6.92 Å². The maximum absolute atomic E-state index is 12.4. The van der Waals surface area contributed by atoms with Crippen molar-refractivity contribution in [3.05, 3.63) is 45.7 Å². The van der Waals surface area contributed by atoms with Gasteiger partial charge in [-0.25, -0.2) is 4.52 Å². The van der Waals surface area contributed by atoms with Crippen molar-refractivity contribution < 1.29 is 19.8 Å². The number of nitrogens with zero attached hydrogens (tertiary/aromatic N) is 2. The maximum Gasteiger partial charge on any atom is 0.323 e. The Morgan fingerprint density at radius 2 is 1.96 bits per heavy atom. The molecule has 0 spiro atoms. The number of rotatable bonds is 3. The number of H-pyrrole nitrogens is 1. The maximum atomic E-state index is 12.4. The number of aromatic hydroxyl groups is 1. The molecule has 0 fully saturated rings. The van der Waals surface area contributed by atoms with Crippen LogP contribution in [0.2, 0.25) is 0 Å². The van der Waals surface area contributed by atoms with Crippen molar-refractivity contribution in [2.24, 2.45) is 0 Å². The summed E-state index contributed by atoms with van der Waals surface area (Å²) in [4.78, 5) is 36.3. The first-order valence-corrected chi connectivity index (χ1v) is 7.15. The molecule has 0 radical (unpaired) electrons. The molecule has 3 N–H and O–H groups in total. The van der Waals surface area contributed by atoms with Crippen LogP contribution in [0.25, 0.3) is 16.4 Å².